The Balaban J connectivity index is 2.23. The molecule has 2 heterocycles. The maximum absolute atomic E-state index is 11.0. The van der Waals surface area contributed by atoms with E-state index in [4.69, 9.17) is 0 Å². The molecule has 2 aliphatic rings. The van der Waals surface area contributed by atoms with Gasteiger partial charge >= 0.3 is 0 Å². The standard InChI is InChI=1S/C7H4N2O2S/c10-6-4(1-2-8-6)5-7(11)9-3-12-5/h1-3,5H. The number of aliphatic imine (C=N–C) groups is 2. The van der Waals surface area contributed by atoms with Gasteiger partial charge in [-0.1, -0.05) is 11.8 Å². The largest absolute Gasteiger partial charge is 0.274 e. The number of allylic oxidation sites excluding steroid dienone is 1. The van der Waals surface area contributed by atoms with Crippen LogP contribution in [0.3, 0.4) is 0 Å². The van der Waals surface area contributed by atoms with Crippen molar-refractivity contribution >= 4 is 35.3 Å². The average molecular weight is 180 g/mol. The lowest BCUT2D eigenvalue weighted by atomic mass is 10.2. The van der Waals surface area contributed by atoms with Gasteiger partial charge in [-0.05, 0) is 6.08 Å². The zero-order valence-corrected chi connectivity index (χ0v) is 6.75. The van der Waals surface area contributed by atoms with Crippen LogP contribution in [0.1, 0.15) is 0 Å². The minimum Gasteiger partial charge on any atom is -0.271 e. The van der Waals surface area contributed by atoms with Gasteiger partial charge in [-0.15, -0.1) is 0 Å². The molecule has 0 aromatic heterocycles. The van der Waals surface area contributed by atoms with Gasteiger partial charge in [-0.2, -0.15) is 0 Å². The normalized spacial score (nSPS) is 27.0. The highest BCUT2D eigenvalue weighted by molar-refractivity contribution is 8.13. The maximum Gasteiger partial charge on any atom is 0.274 e. The van der Waals surface area contributed by atoms with Crippen LogP contribution in [0.4, 0.5) is 0 Å². The van der Waals surface area contributed by atoms with E-state index >= 15 is 0 Å². The monoisotopic (exact) mass is 180 g/mol. The summed E-state index contributed by atoms with van der Waals surface area (Å²) in [6.07, 6.45) is 2.97. The maximum atomic E-state index is 11.0. The topological polar surface area (TPSA) is 58.9 Å². The number of rotatable bonds is 1. The predicted octanol–water partition coefficient (Wildman–Crippen LogP) is 0.194. The van der Waals surface area contributed by atoms with Crippen molar-refractivity contribution in [2.75, 3.05) is 0 Å². The van der Waals surface area contributed by atoms with Crippen molar-refractivity contribution in [3.8, 4) is 0 Å². The second-order valence-corrected chi connectivity index (χ2v) is 3.25. The molecule has 1 unspecified atom stereocenters. The van der Waals surface area contributed by atoms with Gasteiger partial charge in [0, 0.05) is 11.8 Å². The van der Waals surface area contributed by atoms with Gasteiger partial charge in [0.15, 0.2) is 0 Å². The molecule has 0 saturated heterocycles. The summed E-state index contributed by atoms with van der Waals surface area (Å²) >= 11 is 1.24. The van der Waals surface area contributed by atoms with E-state index in [0.29, 0.717) is 5.57 Å². The van der Waals surface area contributed by atoms with Gasteiger partial charge in [0.1, 0.15) is 5.25 Å². The summed E-state index contributed by atoms with van der Waals surface area (Å²) in [4.78, 5) is 29.1. The first-order chi connectivity index (χ1) is 5.79. The molecule has 0 spiro atoms. The van der Waals surface area contributed by atoms with Crippen LogP contribution >= 0.6 is 11.8 Å². The van der Waals surface area contributed by atoms with Gasteiger partial charge in [-0.3, -0.25) is 9.59 Å². The van der Waals surface area contributed by atoms with E-state index < -0.39 is 5.25 Å². The molecule has 4 nitrogen and oxygen atoms in total. The number of thioether (sulfide) groups is 1. The fourth-order valence-corrected chi connectivity index (χ4v) is 1.80. The number of nitrogens with zero attached hydrogens (tertiary/aromatic N) is 2. The molecule has 0 radical (unpaired) electrons. The summed E-state index contributed by atoms with van der Waals surface area (Å²) in [7, 11) is 0. The summed E-state index contributed by atoms with van der Waals surface area (Å²) in [6, 6.07) is 0. The third-order valence-electron chi connectivity index (χ3n) is 1.58. The first kappa shape index (κ1) is 7.42. The smallest absolute Gasteiger partial charge is 0.271 e. The molecule has 0 saturated carbocycles. The first-order valence-electron chi connectivity index (χ1n) is 3.29. The molecule has 60 valence electrons. The lowest BCUT2D eigenvalue weighted by Gasteiger charge is -2.02. The Bertz CT molecular complexity index is 343. The quantitative estimate of drug-likeness (QED) is 0.579. The third kappa shape index (κ3) is 1.02. The SMILES string of the molecule is O=C1N=CC=C1C1SC=NC1=O. The van der Waals surface area contributed by atoms with Crippen LogP contribution in [0, 0.1) is 0 Å². The minimum absolute atomic E-state index is 0.273. The van der Waals surface area contributed by atoms with E-state index in [9.17, 15) is 9.59 Å². The van der Waals surface area contributed by atoms with E-state index in [2.05, 4.69) is 9.98 Å². The van der Waals surface area contributed by atoms with Crippen LogP contribution in [0.2, 0.25) is 0 Å². The molecular formula is C7H4N2O2S. The Labute approximate surface area is 72.5 Å². The van der Waals surface area contributed by atoms with E-state index in [0.717, 1.165) is 0 Å². The van der Waals surface area contributed by atoms with Crippen LogP contribution < -0.4 is 0 Å². The second-order valence-electron chi connectivity index (χ2n) is 2.29. The fourth-order valence-electron chi connectivity index (χ4n) is 1.01. The minimum atomic E-state index is -0.458. The van der Waals surface area contributed by atoms with Crippen molar-refractivity contribution in [3.63, 3.8) is 0 Å². The van der Waals surface area contributed by atoms with Gasteiger partial charge < -0.3 is 0 Å². The lowest BCUT2D eigenvalue weighted by molar-refractivity contribution is -0.119. The van der Waals surface area contributed by atoms with Crippen molar-refractivity contribution in [2.24, 2.45) is 9.98 Å². The van der Waals surface area contributed by atoms with Crippen molar-refractivity contribution in [1.29, 1.82) is 0 Å². The van der Waals surface area contributed by atoms with E-state index in [-0.39, 0.29) is 11.8 Å². The van der Waals surface area contributed by atoms with Gasteiger partial charge in [0.2, 0.25) is 0 Å². The fraction of sp³-hybridized carbons (Fsp3) is 0.143. The van der Waals surface area contributed by atoms with Crippen molar-refractivity contribution in [1.82, 2.24) is 0 Å². The Morgan fingerprint density at radius 2 is 2.17 bits per heavy atom. The lowest BCUT2D eigenvalue weighted by Crippen LogP contribution is -2.17. The second kappa shape index (κ2) is 2.67. The van der Waals surface area contributed by atoms with E-state index in [1.165, 1.54) is 23.5 Å². The number of amides is 2. The van der Waals surface area contributed by atoms with E-state index in [1.807, 2.05) is 0 Å². The summed E-state index contributed by atoms with van der Waals surface area (Å²) in [6.45, 7) is 0. The molecule has 12 heavy (non-hydrogen) atoms. The molecule has 0 aliphatic carbocycles. The predicted molar refractivity (Wildman–Crippen MR) is 46.5 cm³/mol. The molecular weight excluding hydrogens is 176 g/mol. The first-order valence-corrected chi connectivity index (χ1v) is 4.24. The number of carbonyl (C=O) groups excluding carboxylic acids is 2. The number of hydrogen-bond donors (Lipinski definition) is 0. The molecule has 5 heteroatoms. The molecule has 0 N–H and O–H groups in total. The number of carbonyl (C=O) groups is 2. The molecule has 0 fully saturated rings. The Hall–Kier alpha value is -1.23. The summed E-state index contributed by atoms with van der Waals surface area (Å²) in [5, 5.41) is -0.458. The third-order valence-corrected chi connectivity index (χ3v) is 2.53. The van der Waals surface area contributed by atoms with Crippen LogP contribution in [-0.2, 0) is 9.59 Å². The number of hydrogen-bond acceptors (Lipinski definition) is 3. The molecule has 0 aromatic carbocycles. The summed E-state index contributed by atoms with van der Waals surface area (Å²) < 4.78 is 0. The molecule has 2 amide bonds. The van der Waals surface area contributed by atoms with Crippen LogP contribution in [0.5, 0.6) is 0 Å². The summed E-state index contributed by atoms with van der Waals surface area (Å²) in [5.41, 5.74) is 1.89. The highest BCUT2D eigenvalue weighted by atomic mass is 32.2. The van der Waals surface area contributed by atoms with Crippen LogP contribution in [0.25, 0.3) is 0 Å². The van der Waals surface area contributed by atoms with Gasteiger partial charge in [-0.25, -0.2) is 9.98 Å². The molecule has 0 aromatic rings. The Morgan fingerprint density at radius 3 is 2.67 bits per heavy atom. The van der Waals surface area contributed by atoms with Crippen molar-refractivity contribution < 1.29 is 9.59 Å². The van der Waals surface area contributed by atoms with Crippen LogP contribution in [0.15, 0.2) is 21.6 Å². The highest BCUT2D eigenvalue weighted by Crippen LogP contribution is 2.25. The van der Waals surface area contributed by atoms with Crippen molar-refractivity contribution in [2.45, 2.75) is 5.25 Å². The highest BCUT2D eigenvalue weighted by Gasteiger charge is 2.31. The zero-order chi connectivity index (χ0) is 8.55. The van der Waals surface area contributed by atoms with Crippen molar-refractivity contribution in [3.05, 3.63) is 11.6 Å². The average Bonchev–Trinajstić information content (AvgIpc) is 2.59. The molecule has 2 rings (SSSR count). The summed E-state index contributed by atoms with van der Waals surface area (Å²) in [5.74, 6) is -0.601. The van der Waals surface area contributed by atoms with Gasteiger partial charge in [0.05, 0.1) is 5.55 Å². The molecule has 1 atom stereocenters. The van der Waals surface area contributed by atoms with E-state index in [1.54, 1.807) is 6.08 Å². The molecule has 2 aliphatic heterocycles. The Kier molecular flexibility index (Phi) is 1.65. The molecule has 0 bridgehead atoms. The van der Waals surface area contributed by atoms with Crippen LogP contribution in [-0.4, -0.2) is 28.8 Å². The Morgan fingerprint density at radius 1 is 1.33 bits per heavy atom. The zero-order valence-electron chi connectivity index (χ0n) is 5.93. The van der Waals surface area contributed by atoms with Gasteiger partial charge in [0.25, 0.3) is 11.8 Å².